The van der Waals surface area contributed by atoms with E-state index < -0.39 is 16.8 Å². The first-order chi connectivity index (χ1) is 30.2. The monoisotopic (exact) mass is 893 g/mol. The Kier molecular flexibility index (Phi) is 10.3. The van der Waals surface area contributed by atoms with Crippen LogP contribution in [0, 0.1) is 113 Å². The quantitative estimate of drug-likeness (QED) is 0.225. The van der Waals surface area contributed by atoms with Gasteiger partial charge < -0.3 is 9.84 Å². The van der Waals surface area contributed by atoms with Crippen LogP contribution < -0.4 is 0 Å². The molecular formula is C60H92O5. The molecule has 0 saturated heterocycles. The number of ketones is 1. The number of Topliss-reactive ketones (excluding diaryl/α,β-unsaturated/α-hetero) is 1. The smallest absolute Gasteiger partial charge is 0.312 e. The van der Waals surface area contributed by atoms with Crippen LogP contribution in [0.4, 0.5) is 0 Å². The number of carboxylic acids is 1. The Labute approximate surface area is 395 Å². The van der Waals surface area contributed by atoms with Crippen molar-refractivity contribution in [3.63, 3.8) is 0 Å². The van der Waals surface area contributed by atoms with E-state index in [4.69, 9.17) is 4.74 Å². The number of aliphatic carboxylic acids is 1. The Morgan fingerprint density at radius 2 is 1.03 bits per heavy atom. The molecule has 0 amide bonds. The first kappa shape index (κ1) is 46.8. The summed E-state index contributed by atoms with van der Waals surface area (Å²) in [6.45, 7) is 34.7. The molecule has 10 rings (SSSR count). The molecule has 0 radical (unpaired) electrons. The maximum atomic E-state index is 15.7. The number of hydrogen-bond acceptors (Lipinski definition) is 4. The summed E-state index contributed by atoms with van der Waals surface area (Å²) < 4.78 is 7.26. The summed E-state index contributed by atoms with van der Waals surface area (Å²) in [4.78, 5) is 42.3. The van der Waals surface area contributed by atoms with Crippen LogP contribution >= 0.6 is 0 Å². The second-order valence-electron chi connectivity index (χ2n) is 28.8. The van der Waals surface area contributed by atoms with Gasteiger partial charge in [-0.25, -0.2) is 0 Å². The fourth-order valence-corrected chi connectivity index (χ4v) is 21.9. The minimum Gasteiger partial charge on any atom is -0.481 e. The minimum atomic E-state index is -0.615. The number of hydrogen-bond donors (Lipinski definition) is 1. The van der Waals surface area contributed by atoms with Gasteiger partial charge in [0.25, 0.3) is 0 Å². The van der Waals surface area contributed by atoms with E-state index in [1.54, 1.807) is 5.57 Å². The Balaban J connectivity index is 0.933. The molecule has 65 heavy (non-hydrogen) atoms. The van der Waals surface area contributed by atoms with Crippen LogP contribution in [0.15, 0.2) is 23.3 Å². The lowest BCUT2D eigenvalue weighted by Crippen LogP contribution is -2.66. The van der Waals surface area contributed by atoms with Gasteiger partial charge in [-0.15, -0.1) is 0 Å². The van der Waals surface area contributed by atoms with Gasteiger partial charge in [-0.2, -0.15) is 0 Å². The molecule has 0 bridgehead atoms. The summed E-state index contributed by atoms with van der Waals surface area (Å²) in [5, 5.41) is 10.9. The van der Waals surface area contributed by atoms with Gasteiger partial charge in [0.05, 0.1) is 10.8 Å². The normalized spacial score (nSPS) is 55.1. The molecule has 0 spiro atoms. The van der Waals surface area contributed by atoms with Gasteiger partial charge in [-0.3, -0.25) is 14.4 Å². The summed E-state index contributed by atoms with van der Waals surface area (Å²) in [5.74, 6) is 4.26. The van der Waals surface area contributed by atoms with Crippen LogP contribution in [0.25, 0.3) is 0 Å². The molecule has 10 aliphatic rings. The zero-order valence-electron chi connectivity index (χ0n) is 43.8. The summed E-state index contributed by atoms with van der Waals surface area (Å²) in [5.41, 5.74) is 2.16. The van der Waals surface area contributed by atoms with Crippen LogP contribution in [0.3, 0.4) is 0 Å². The molecule has 5 heteroatoms. The van der Waals surface area contributed by atoms with Gasteiger partial charge in [0.2, 0.25) is 0 Å². The molecule has 10 aliphatic carbocycles. The van der Waals surface area contributed by atoms with E-state index in [2.05, 4.69) is 109 Å². The van der Waals surface area contributed by atoms with Gasteiger partial charge in [-0.05, 0) is 201 Å². The highest BCUT2D eigenvalue weighted by Crippen LogP contribution is 2.78. The van der Waals surface area contributed by atoms with E-state index in [1.807, 2.05) is 0 Å². The lowest BCUT2D eigenvalue weighted by molar-refractivity contribution is -0.224. The second kappa shape index (κ2) is 14.3. The fourth-order valence-electron chi connectivity index (χ4n) is 21.9. The van der Waals surface area contributed by atoms with Crippen molar-refractivity contribution in [2.75, 3.05) is 0 Å². The van der Waals surface area contributed by atoms with Crippen molar-refractivity contribution in [3.05, 3.63) is 23.3 Å². The molecule has 8 saturated carbocycles. The van der Waals surface area contributed by atoms with Crippen molar-refractivity contribution < 1.29 is 24.2 Å². The van der Waals surface area contributed by atoms with Crippen molar-refractivity contribution in [1.82, 2.24) is 0 Å². The van der Waals surface area contributed by atoms with E-state index in [-0.39, 0.29) is 67.2 Å². The number of allylic oxidation sites excluding steroid dienone is 4. The third-order valence-electron chi connectivity index (χ3n) is 26.7. The van der Waals surface area contributed by atoms with Gasteiger partial charge in [-0.1, -0.05) is 120 Å². The topological polar surface area (TPSA) is 80.7 Å². The minimum absolute atomic E-state index is 0.00126. The predicted octanol–water partition coefficient (Wildman–Crippen LogP) is 14.9. The second-order valence-corrected chi connectivity index (χ2v) is 28.8. The molecule has 0 aromatic heterocycles. The van der Waals surface area contributed by atoms with Crippen LogP contribution in [-0.2, 0) is 19.1 Å². The molecular weight excluding hydrogens is 801 g/mol. The van der Waals surface area contributed by atoms with Gasteiger partial charge in [0.1, 0.15) is 11.9 Å². The van der Waals surface area contributed by atoms with E-state index in [1.165, 1.54) is 12.0 Å². The number of carbonyl (C=O) groups is 3. The lowest BCUT2D eigenvalue weighted by atomic mass is 9.33. The van der Waals surface area contributed by atoms with Crippen molar-refractivity contribution in [2.24, 2.45) is 113 Å². The molecule has 0 unspecified atom stereocenters. The molecule has 0 aromatic carbocycles. The van der Waals surface area contributed by atoms with Gasteiger partial charge >= 0.3 is 11.9 Å². The summed E-state index contributed by atoms with van der Waals surface area (Å²) in [6, 6.07) is 0. The molecule has 0 aromatic rings. The summed E-state index contributed by atoms with van der Waals surface area (Å²) in [7, 11) is 0. The predicted molar refractivity (Wildman–Crippen MR) is 260 cm³/mol. The van der Waals surface area contributed by atoms with Gasteiger partial charge in [0, 0.05) is 17.3 Å². The SMILES string of the molecule is C[C@H]1[C@H](C)CC[C@]2(C(=O)O)CC[C@]3(C)C(=CC[C@@H]4[C@@]5(C)CC[C@H](OC(=O)[C@]67CC[C@@H](C)[C@H](C)[C@H]6C6=CC[C@@H]8[C@@]9(C)CCC(=O)C(C)(C)[C@H]9CC[C@@]8(C)[C@]6(C)CC7)C(C)(C)[C@H]5CC[C@]43C)[C@H]12. The molecule has 0 heterocycles. The fraction of sp³-hybridized carbons (Fsp3) is 0.883. The maximum Gasteiger partial charge on any atom is 0.312 e. The van der Waals surface area contributed by atoms with Gasteiger partial charge in [0.15, 0.2) is 0 Å². The molecule has 1 N–H and O–H groups in total. The number of carboxylic acid groups (broad SMARTS) is 1. The number of carbonyl (C=O) groups excluding carboxylic acids is 2. The van der Waals surface area contributed by atoms with Crippen LogP contribution in [0.5, 0.6) is 0 Å². The standard InChI is InChI=1S/C60H92O5/c1-35-19-29-59(49(62)63)33-31-55(11)39(47(59)37(35)3)15-17-44-54(10)26-24-46(52(7,8)42(54)22-28-58(44,55)14)65-50(64)60-30-20-36(2)38(4)48(60)40-16-18-43-53(9)25-23-45(61)51(5,6)41(53)21-27-57(43,13)56(40,12)32-34-60/h15-16,35-38,41-44,46-48H,17-34H2,1-14H3,(H,62,63)/t35-,36-,37+,38+,41-,42-,43-,44-,46+,47+,48+,53+,54+,55-,56-,57-,58-,59+,60+/m1/s1. The van der Waals surface area contributed by atoms with Crippen LogP contribution in [-0.4, -0.2) is 28.9 Å². The largest absolute Gasteiger partial charge is 0.481 e. The van der Waals surface area contributed by atoms with Crippen molar-refractivity contribution in [1.29, 1.82) is 0 Å². The average molecular weight is 893 g/mol. The highest BCUT2D eigenvalue weighted by atomic mass is 16.5. The first-order valence-electron chi connectivity index (χ1n) is 27.6. The average Bonchev–Trinajstić information content (AvgIpc) is 3.23. The summed E-state index contributed by atoms with van der Waals surface area (Å²) >= 11 is 0. The number of fused-ring (bicyclic) bond motifs is 14. The lowest BCUT2D eigenvalue weighted by Gasteiger charge is -2.71. The maximum absolute atomic E-state index is 15.7. The third-order valence-corrected chi connectivity index (χ3v) is 26.7. The zero-order valence-corrected chi connectivity index (χ0v) is 43.8. The van der Waals surface area contributed by atoms with E-state index in [0.717, 1.165) is 109 Å². The van der Waals surface area contributed by atoms with Crippen LogP contribution in [0.2, 0.25) is 0 Å². The van der Waals surface area contributed by atoms with E-state index >= 15 is 4.79 Å². The molecule has 8 fully saturated rings. The molecule has 362 valence electrons. The Bertz CT molecular complexity index is 2090. The van der Waals surface area contributed by atoms with E-state index in [9.17, 15) is 14.7 Å². The Hall–Kier alpha value is -1.91. The zero-order chi connectivity index (χ0) is 47.1. The van der Waals surface area contributed by atoms with Crippen molar-refractivity contribution in [2.45, 2.75) is 219 Å². The Morgan fingerprint density at radius 1 is 0.554 bits per heavy atom. The molecule has 5 nitrogen and oxygen atoms in total. The highest BCUT2D eigenvalue weighted by molar-refractivity contribution is 5.85. The molecule has 0 aliphatic heterocycles. The highest BCUT2D eigenvalue weighted by Gasteiger charge is 2.72. The first-order valence-corrected chi connectivity index (χ1v) is 27.6. The summed E-state index contributed by atoms with van der Waals surface area (Å²) in [6.07, 6.45) is 23.3. The Morgan fingerprint density at radius 3 is 1.57 bits per heavy atom. The van der Waals surface area contributed by atoms with Crippen molar-refractivity contribution in [3.8, 4) is 0 Å². The van der Waals surface area contributed by atoms with Crippen LogP contribution in [0.1, 0.15) is 213 Å². The third kappa shape index (κ3) is 5.60. The number of ether oxygens (including phenoxy) is 1. The van der Waals surface area contributed by atoms with Crippen molar-refractivity contribution >= 4 is 17.7 Å². The molecule has 19 atom stereocenters. The number of rotatable bonds is 3. The van der Waals surface area contributed by atoms with E-state index in [0.29, 0.717) is 53.1 Å². The number of esters is 1.